The van der Waals surface area contributed by atoms with E-state index in [4.69, 9.17) is 5.73 Å². The number of nitrogens with two attached hydrogens (primary N) is 1. The zero-order valence-corrected chi connectivity index (χ0v) is 13.7. The first kappa shape index (κ1) is 16.7. The van der Waals surface area contributed by atoms with Crippen LogP contribution in [0.3, 0.4) is 0 Å². The van der Waals surface area contributed by atoms with Crippen molar-refractivity contribution in [3.63, 3.8) is 0 Å². The maximum absolute atomic E-state index is 12.2. The molecule has 3 unspecified atom stereocenters. The molecule has 1 amide bonds. The first-order valence-electron chi connectivity index (χ1n) is 8.48. The lowest BCUT2D eigenvalue weighted by Crippen LogP contribution is -2.47. The summed E-state index contributed by atoms with van der Waals surface area (Å²) in [4.78, 5) is 17.1. The van der Waals surface area contributed by atoms with E-state index in [1.807, 2.05) is 0 Å². The predicted octanol–water partition coefficient (Wildman–Crippen LogP) is 0.504. The second kappa shape index (κ2) is 8.11. The number of hydrogen-bond donors (Lipinski definition) is 2. The number of likely N-dealkylation sites (N-methyl/N-ethyl adjacent to an activating group) is 1. The number of carbonyl (C=O) groups is 1. The van der Waals surface area contributed by atoms with E-state index < -0.39 is 0 Å². The van der Waals surface area contributed by atoms with E-state index in [1.54, 1.807) is 0 Å². The van der Waals surface area contributed by atoms with Crippen LogP contribution in [-0.4, -0.2) is 68.1 Å². The van der Waals surface area contributed by atoms with Crippen molar-refractivity contribution in [2.75, 3.05) is 46.3 Å². The fourth-order valence-electron chi connectivity index (χ4n) is 3.42. The van der Waals surface area contributed by atoms with Crippen molar-refractivity contribution in [2.45, 2.75) is 38.6 Å². The number of rotatable bonds is 5. The molecule has 1 saturated carbocycles. The molecular formula is C16H32N4O. The van der Waals surface area contributed by atoms with Crippen LogP contribution < -0.4 is 11.1 Å². The van der Waals surface area contributed by atoms with Crippen LogP contribution in [0.2, 0.25) is 0 Å². The molecule has 21 heavy (non-hydrogen) atoms. The van der Waals surface area contributed by atoms with Gasteiger partial charge < -0.3 is 20.9 Å². The summed E-state index contributed by atoms with van der Waals surface area (Å²) in [6.45, 7) is 8.69. The van der Waals surface area contributed by atoms with Crippen LogP contribution in [0.25, 0.3) is 0 Å². The van der Waals surface area contributed by atoms with Crippen molar-refractivity contribution >= 4 is 5.91 Å². The van der Waals surface area contributed by atoms with Crippen molar-refractivity contribution in [1.82, 2.24) is 15.1 Å². The molecule has 0 radical (unpaired) electrons. The highest BCUT2D eigenvalue weighted by molar-refractivity contribution is 5.78. The van der Waals surface area contributed by atoms with E-state index in [2.05, 4.69) is 29.1 Å². The fraction of sp³-hybridized carbons (Fsp3) is 0.938. The lowest BCUT2D eigenvalue weighted by molar-refractivity contribution is -0.126. The smallest absolute Gasteiger partial charge is 0.223 e. The maximum atomic E-state index is 12.2. The van der Waals surface area contributed by atoms with Gasteiger partial charge in [-0.05, 0) is 32.2 Å². The third kappa shape index (κ3) is 5.57. The van der Waals surface area contributed by atoms with Gasteiger partial charge >= 0.3 is 0 Å². The van der Waals surface area contributed by atoms with Gasteiger partial charge in [0, 0.05) is 51.2 Å². The molecule has 2 rings (SSSR count). The molecule has 1 aliphatic heterocycles. The summed E-state index contributed by atoms with van der Waals surface area (Å²) in [5, 5.41) is 3.14. The van der Waals surface area contributed by atoms with E-state index in [1.165, 1.54) is 0 Å². The quantitative estimate of drug-likeness (QED) is 0.776. The van der Waals surface area contributed by atoms with Gasteiger partial charge in [0.15, 0.2) is 0 Å². The van der Waals surface area contributed by atoms with Crippen LogP contribution in [-0.2, 0) is 4.79 Å². The Morgan fingerprint density at radius 2 is 2.00 bits per heavy atom. The minimum Gasteiger partial charge on any atom is -0.356 e. The molecule has 0 aromatic carbocycles. The van der Waals surface area contributed by atoms with E-state index in [9.17, 15) is 4.79 Å². The maximum Gasteiger partial charge on any atom is 0.223 e. The van der Waals surface area contributed by atoms with Gasteiger partial charge in [-0.1, -0.05) is 13.3 Å². The predicted molar refractivity (Wildman–Crippen MR) is 86.0 cm³/mol. The average Bonchev–Trinajstić information content (AvgIpc) is 2.47. The van der Waals surface area contributed by atoms with Gasteiger partial charge in [0.1, 0.15) is 0 Å². The average molecular weight is 296 g/mol. The van der Waals surface area contributed by atoms with Crippen molar-refractivity contribution < 1.29 is 4.79 Å². The van der Waals surface area contributed by atoms with Crippen LogP contribution in [0.15, 0.2) is 0 Å². The van der Waals surface area contributed by atoms with Crippen LogP contribution in [0, 0.1) is 11.8 Å². The Kier molecular flexibility index (Phi) is 6.45. The number of hydrogen-bond acceptors (Lipinski definition) is 4. The van der Waals surface area contributed by atoms with Gasteiger partial charge in [-0.3, -0.25) is 4.79 Å². The molecule has 1 heterocycles. The number of carbonyl (C=O) groups excluding carboxylic acids is 1. The summed E-state index contributed by atoms with van der Waals surface area (Å²) in [5.74, 6) is 0.870. The fourth-order valence-corrected chi connectivity index (χ4v) is 3.42. The Bertz CT molecular complexity index is 328. The molecular weight excluding hydrogens is 264 g/mol. The van der Waals surface area contributed by atoms with Gasteiger partial charge in [-0.25, -0.2) is 0 Å². The first-order chi connectivity index (χ1) is 10.0. The molecule has 5 nitrogen and oxygen atoms in total. The van der Waals surface area contributed by atoms with Crippen LogP contribution in [0.4, 0.5) is 0 Å². The number of amides is 1. The zero-order chi connectivity index (χ0) is 15.2. The Morgan fingerprint density at radius 3 is 2.67 bits per heavy atom. The molecule has 122 valence electrons. The van der Waals surface area contributed by atoms with E-state index >= 15 is 0 Å². The van der Waals surface area contributed by atoms with E-state index in [0.29, 0.717) is 5.92 Å². The van der Waals surface area contributed by atoms with Crippen molar-refractivity contribution in [3.05, 3.63) is 0 Å². The molecule has 0 aromatic heterocycles. The topological polar surface area (TPSA) is 61.6 Å². The summed E-state index contributed by atoms with van der Waals surface area (Å²) in [5.41, 5.74) is 5.96. The zero-order valence-electron chi connectivity index (χ0n) is 13.7. The summed E-state index contributed by atoms with van der Waals surface area (Å²) in [7, 11) is 2.18. The highest BCUT2D eigenvalue weighted by Crippen LogP contribution is 2.23. The Morgan fingerprint density at radius 1 is 1.29 bits per heavy atom. The van der Waals surface area contributed by atoms with Crippen LogP contribution in [0.1, 0.15) is 32.6 Å². The minimum atomic E-state index is 0.143. The Balaban J connectivity index is 1.64. The SMILES string of the molecule is CC(CNC(=O)C1CCCC(N)C1)CN1CCN(C)CC1. The molecule has 3 atom stereocenters. The third-order valence-electron chi connectivity index (χ3n) is 4.88. The van der Waals surface area contributed by atoms with Crippen LogP contribution >= 0.6 is 0 Å². The highest BCUT2D eigenvalue weighted by atomic mass is 16.1. The minimum absolute atomic E-state index is 0.143. The molecule has 0 spiro atoms. The summed E-state index contributed by atoms with van der Waals surface area (Å²) in [6.07, 6.45) is 4.03. The highest BCUT2D eigenvalue weighted by Gasteiger charge is 2.25. The molecule has 3 N–H and O–H groups in total. The van der Waals surface area contributed by atoms with Gasteiger partial charge in [-0.2, -0.15) is 0 Å². The van der Waals surface area contributed by atoms with Gasteiger partial charge in [-0.15, -0.1) is 0 Å². The van der Waals surface area contributed by atoms with E-state index in [0.717, 1.165) is 65.0 Å². The van der Waals surface area contributed by atoms with Crippen molar-refractivity contribution in [1.29, 1.82) is 0 Å². The standard InChI is InChI=1S/C16H32N4O/c1-13(12-20-8-6-19(2)7-9-20)11-18-16(21)14-4-3-5-15(17)10-14/h13-15H,3-12,17H2,1-2H3,(H,18,21). The molecule has 2 fully saturated rings. The Labute approximate surface area is 129 Å². The normalized spacial score (nSPS) is 30.0. The number of nitrogens with one attached hydrogen (secondary N) is 1. The summed E-state index contributed by atoms with van der Waals surface area (Å²) in [6, 6.07) is 0.220. The molecule has 1 saturated heterocycles. The molecule has 1 aliphatic carbocycles. The second-order valence-electron chi connectivity index (χ2n) is 7.08. The second-order valence-corrected chi connectivity index (χ2v) is 7.08. The Hall–Kier alpha value is -0.650. The van der Waals surface area contributed by atoms with Gasteiger partial charge in [0.25, 0.3) is 0 Å². The largest absolute Gasteiger partial charge is 0.356 e. The van der Waals surface area contributed by atoms with Gasteiger partial charge in [0.05, 0.1) is 0 Å². The van der Waals surface area contributed by atoms with Crippen molar-refractivity contribution in [3.8, 4) is 0 Å². The summed E-state index contributed by atoms with van der Waals surface area (Å²) < 4.78 is 0. The van der Waals surface area contributed by atoms with Crippen molar-refractivity contribution in [2.24, 2.45) is 17.6 Å². The van der Waals surface area contributed by atoms with E-state index in [-0.39, 0.29) is 17.9 Å². The van der Waals surface area contributed by atoms with Crippen LogP contribution in [0.5, 0.6) is 0 Å². The third-order valence-corrected chi connectivity index (χ3v) is 4.88. The summed E-state index contributed by atoms with van der Waals surface area (Å²) >= 11 is 0. The molecule has 5 heteroatoms. The molecule has 2 aliphatic rings. The number of piperazine rings is 1. The molecule has 0 aromatic rings. The monoisotopic (exact) mass is 296 g/mol. The first-order valence-corrected chi connectivity index (χ1v) is 8.48. The number of nitrogens with zero attached hydrogens (tertiary/aromatic N) is 2. The lowest BCUT2D eigenvalue weighted by atomic mass is 9.85. The lowest BCUT2D eigenvalue weighted by Gasteiger charge is -2.34. The van der Waals surface area contributed by atoms with Gasteiger partial charge in [0.2, 0.25) is 5.91 Å². The molecule has 0 bridgehead atoms.